The van der Waals surface area contributed by atoms with E-state index in [1.165, 1.54) is 135 Å². The fourth-order valence-corrected chi connectivity index (χ4v) is 8.60. The van der Waals surface area contributed by atoms with Crippen LogP contribution in [-0.4, -0.2) is 37.2 Å². The highest BCUT2D eigenvalue weighted by Gasteiger charge is 2.19. The predicted octanol–water partition coefficient (Wildman–Crippen LogP) is 21.3. The van der Waals surface area contributed by atoms with Gasteiger partial charge in [0, 0.05) is 19.3 Å². The van der Waals surface area contributed by atoms with Gasteiger partial charge in [0.25, 0.3) is 0 Å². The molecule has 0 aliphatic rings. The van der Waals surface area contributed by atoms with Crippen molar-refractivity contribution in [2.75, 3.05) is 13.2 Å². The molecule has 0 heterocycles. The highest BCUT2D eigenvalue weighted by atomic mass is 16.6. The lowest BCUT2D eigenvalue weighted by Gasteiger charge is -2.18. The number of hydrogen-bond acceptors (Lipinski definition) is 6. The first-order valence-corrected chi connectivity index (χ1v) is 31.2. The van der Waals surface area contributed by atoms with Crippen molar-refractivity contribution in [2.24, 2.45) is 0 Å². The molecule has 6 heteroatoms. The van der Waals surface area contributed by atoms with Crippen molar-refractivity contribution in [2.45, 2.75) is 303 Å². The van der Waals surface area contributed by atoms with E-state index in [1.54, 1.807) is 0 Å². The van der Waals surface area contributed by atoms with Gasteiger partial charge in [-0.3, -0.25) is 14.4 Å². The molecule has 6 nitrogen and oxygen atoms in total. The minimum atomic E-state index is -0.791. The zero-order valence-corrected chi connectivity index (χ0v) is 48.6. The summed E-state index contributed by atoms with van der Waals surface area (Å²) >= 11 is 0. The Balaban J connectivity index is 4.39. The largest absolute Gasteiger partial charge is 0.462 e. The summed E-state index contributed by atoms with van der Waals surface area (Å²) in [6.07, 6.45) is 82.6. The van der Waals surface area contributed by atoms with Gasteiger partial charge in [-0.1, -0.05) is 259 Å². The Labute approximate surface area is 457 Å². The molecule has 0 fully saturated rings. The second-order valence-electron chi connectivity index (χ2n) is 20.6. The molecule has 0 aromatic heterocycles. The predicted molar refractivity (Wildman–Crippen MR) is 320 cm³/mol. The van der Waals surface area contributed by atoms with Crippen molar-refractivity contribution in [1.82, 2.24) is 0 Å². The molecule has 0 bridgehead atoms. The quantitative estimate of drug-likeness (QED) is 0.0261. The SMILES string of the molecule is CC/C=C\C/C=C\C/C=C\C/C=C\C/C=C\CCCCCCCCCC(=O)OCC(COC(=O)CCCCCCC/C=C\C/C=C\CCCC)OC(=O)CCCCCCCCCCC/C=C\CCCCCCCC. The van der Waals surface area contributed by atoms with Crippen molar-refractivity contribution in [3.05, 3.63) is 97.2 Å². The first-order chi connectivity index (χ1) is 36.5. The molecule has 0 saturated carbocycles. The monoisotopic (exact) mass is 1030 g/mol. The van der Waals surface area contributed by atoms with Crippen LogP contribution in [0.25, 0.3) is 0 Å². The van der Waals surface area contributed by atoms with E-state index in [4.69, 9.17) is 14.2 Å². The van der Waals surface area contributed by atoms with Crippen LogP contribution in [0, 0.1) is 0 Å². The van der Waals surface area contributed by atoms with Gasteiger partial charge in [0.1, 0.15) is 13.2 Å². The molecule has 0 aliphatic carbocycles. The van der Waals surface area contributed by atoms with Gasteiger partial charge in [-0.2, -0.15) is 0 Å². The summed E-state index contributed by atoms with van der Waals surface area (Å²) in [6.45, 7) is 6.48. The van der Waals surface area contributed by atoms with Gasteiger partial charge < -0.3 is 14.2 Å². The number of esters is 3. The molecule has 0 rings (SSSR count). The van der Waals surface area contributed by atoms with Gasteiger partial charge in [0.05, 0.1) is 0 Å². The van der Waals surface area contributed by atoms with Crippen molar-refractivity contribution >= 4 is 17.9 Å². The van der Waals surface area contributed by atoms with Gasteiger partial charge >= 0.3 is 17.9 Å². The van der Waals surface area contributed by atoms with Gasteiger partial charge in [-0.05, 0) is 116 Å². The minimum Gasteiger partial charge on any atom is -0.462 e. The van der Waals surface area contributed by atoms with Gasteiger partial charge in [0.15, 0.2) is 6.10 Å². The van der Waals surface area contributed by atoms with Crippen molar-refractivity contribution in [3.63, 3.8) is 0 Å². The number of carbonyl (C=O) groups excluding carboxylic acids is 3. The Bertz CT molecular complexity index is 1460. The van der Waals surface area contributed by atoms with E-state index in [9.17, 15) is 14.4 Å². The summed E-state index contributed by atoms with van der Waals surface area (Å²) < 4.78 is 16.9. The van der Waals surface area contributed by atoms with E-state index in [-0.39, 0.29) is 31.1 Å². The molecule has 424 valence electrons. The van der Waals surface area contributed by atoms with E-state index >= 15 is 0 Å². The topological polar surface area (TPSA) is 78.9 Å². The molecule has 0 aromatic carbocycles. The maximum absolute atomic E-state index is 12.9. The van der Waals surface area contributed by atoms with E-state index in [0.717, 1.165) is 122 Å². The Morgan fingerprint density at radius 1 is 0.284 bits per heavy atom. The molecule has 0 aliphatic heterocycles. The summed E-state index contributed by atoms with van der Waals surface area (Å²) in [4.78, 5) is 38.3. The van der Waals surface area contributed by atoms with E-state index < -0.39 is 6.10 Å². The van der Waals surface area contributed by atoms with Crippen molar-refractivity contribution < 1.29 is 28.6 Å². The number of carbonyl (C=O) groups is 3. The van der Waals surface area contributed by atoms with Crippen LogP contribution in [0.3, 0.4) is 0 Å². The Morgan fingerprint density at radius 3 is 0.878 bits per heavy atom. The Kier molecular flexibility index (Phi) is 58.8. The fraction of sp³-hybridized carbons (Fsp3) is 0.721. The fourth-order valence-electron chi connectivity index (χ4n) is 8.60. The lowest BCUT2D eigenvalue weighted by Crippen LogP contribution is -2.30. The molecule has 0 aromatic rings. The van der Waals surface area contributed by atoms with Crippen molar-refractivity contribution in [3.8, 4) is 0 Å². The highest BCUT2D eigenvalue weighted by Crippen LogP contribution is 2.15. The minimum absolute atomic E-state index is 0.0885. The lowest BCUT2D eigenvalue weighted by molar-refractivity contribution is -0.167. The van der Waals surface area contributed by atoms with Crippen LogP contribution in [-0.2, 0) is 28.6 Å². The van der Waals surface area contributed by atoms with Crippen LogP contribution in [0.2, 0.25) is 0 Å². The normalized spacial score (nSPS) is 12.7. The highest BCUT2D eigenvalue weighted by molar-refractivity contribution is 5.71. The summed E-state index contributed by atoms with van der Waals surface area (Å²) in [5.74, 6) is -0.906. The average Bonchev–Trinajstić information content (AvgIpc) is 3.40. The number of ether oxygens (including phenoxy) is 3. The standard InChI is InChI=1S/C68H116O6/c1-4-7-10-13-16-19-22-25-28-30-32-33-34-35-37-38-40-43-46-49-52-55-58-61-67(70)73-64-65(63-72-66(69)60-57-54-51-48-45-42-27-24-21-18-15-12-9-6-3)74-68(71)62-59-56-53-50-47-44-41-39-36-31-29-26-23-20-17-14-11-8-5-2/h7,10,15-16,18-19,24-29,32-33,35,37,65H,4-6,8-9,11-14,17,20-23,30-31,34,36,38-64H2,1-3H3/b10-7-,18-15-,19-16-,27-24-,28-25-,29-26-,33-32-,37-35-. The second-order valence-corrected chi connectivity index (χ2v) is 20.6. The average molecular weight is 1030 g/mol. The van der Waals surface area contributed by atoms with E-state index in [0.29, 0.717) is 19.3 Å². The number of allylic oxidation sites excluding steroid dienone is 16. The number of rotatable bonds is 56. The summed E-state index contributed by atoms with van der Waals surface area (Å²) in [6, 6.07) is 0. The molecular formula is C68H116O6. The van der Waals surface area contributed by atoms with Gasteiger partial charge in [-0.15, -0.1) is 0 Å². The molecule has 0 radical (unpaired) electrons. The lowest BCUT2D eigenvalue weighted by atomic mass is 10.1. The summed E-state index contributed by atoms with van der Waals surface area (Å²) in [5, 5.41) is 0. The summed E-state index contributed by atoms with van der Waals surface area (Å²) in [7, 11) is 0. The van der Waals surface area contributed by atoms with Crippen LogP contribution in [0.1, 0.15) is 297 Å². The van der Waals surface area contributed by atoms with Crippen LogP contribution in [0.5, 0.6) is 0 Å². The number of hydrogen-bond donors (Lipinski definition) is 0. The van der Waals surface area contributed by atoms with Crippen molar-refractivity contribution in [1.29, 1.82) is 0 Å². The first kappa shape index (κ1) is 70.3. The second kappa shape index (κ2) is 61.9. The summed E-state index contributed by atoms with van der Waals surface area (Å²) in [5.41, 5.74) is 0. The van der Waals surface area contributed by atoms with Gasteiger partial charge in [-0.25, -0.2) is 0 Å². The molecule has 0 saturated heterocycles. The Morgan fingerprint density at radius 2 is 0.541 bits per heavy atom. The third kappa shape index (κ3) is 59.2. The van der Waals surface area contributed by atoms with Crippen LogP contribution >= 0.6 is 0 Å². The van der Waals surface area contributed by atoms with Crippen LogP contribution in [0.4, 0.5) is 0 Å². The molecule has 74 heavy (non-hydrogen) atoms. The molecular weight excluding hydrogens is 913 g/mol. The maximum Gasteiger partial charge on any atom is 0.306 e. The molecule has 1 unspecified atom stereocenters. The molecule has 0 N–H and O–H groups in total. The van der Waals surface area contributed by atoms with E-state index in [1.807, 2.05) is 0 Å². The zero-order valence-electron chi connectivity index (χ0n) is 48.6. The van der Waals surface area contributed by atoms with E-state index in [2.05, 4.69) is 118 Å². The smallest absolute Gasteiger partial charge is 0.306 e. The third-order valence-electron chi connectivity index (χ3n) is 13.3. The van der Waals surface area contributed by atoms with Gasteiger partial charge in [0.2, 0.25) is 0 Å². The molecule has 0 spiro atoms. The maximum atomic E-state index is 12.9. The van der Waals surface area contributed by atoms with Crippen LogP contribution < -0.4 is 0 Å². The Hall–Kier alpha value is -3.67. The first-order valence-electron chi connectivity index (χ1n) is 31.2. The van der Waals surface area contributed by atoms with Crippen LogP contribution in [0.15, 0.2) is 97.2 Å². The zero-order chi connectivity index (χ0) is 53.6. The third-order valence-corrected chi connectivity index (χ3v) is 13.3. The number of unbranched alkanes of at least 4 members (excludes halogenated alkanes) is 29. The molecule has 1 atom stereocenters. The molecule has 0 amide bonds.